The maximum absolute atomic E-state index is 4.53. The number of nitrogens with zero attached hydrogens (tertiary/aromatic N) is 5. The van der Waals surface area contributed by atoms with E-state index in [9.17, 15) is 0 Å². The fraction of sp³-hybridized carbons (Fsp3) is 0.375. The minimum atomic E-state index is 0.354. The van der Waals surface area contributed by atoms with Crippen molar-refractivity contribution in [2.45, 2.75) is 25.7 Å². The fourth-order valence-electron chi connectivity index (χ4n) is 3.17. The van der Waals surface area contributed by atoms with Crippen LogP contribution in [0.25, 0.3) is 10.9 Å². The van der Waals surface area contributed by atoms with E-state index >= 15 is 0 Å². The van der Waals surface area contributed by atoms with Crippen LogP contribution in [-0.4, -0.2) is 38.2 Å². The lowest BCUT2D eigenvalue weighted by Gasteiger charge is -2.32. The number of anilines is 1. The van der Waals surface area contributed by atoms with E-state index in [0.29, 0.717) is 5.92 Å². The van der Waals surface area contributed by atoms with Crippen molar-refractivity contribution >= 4 is 16.7 Å². The molecule has 6 nitrogen and oxygen atoms in total. The van der Waals surface area contributed by atoms with Crippen molar-refractivity contribution in [2.75, 3.05) is 18.0 Å². The van der Waals surface area contributed by atoms with Crippen LogP contribution in [-0.2, 0) is 0 Å². The standard InChI is InChI=1S/C16H18N6/c1-11-19-15(21-20-11)12-5-4-8-22(9-12)16-13-6-2-3-7-14(13)17-10-18-16/h2-3,6-7,10,12H,4-5,8-9H2,1H3,(H,19,20,21). The van der Waals surface area contributed by atoms with Gasteiger partial charge in [-0.2, -0.15) is 5.10 Å². The number of nitrogens with one attached hydrogen (secondary N) is 1. The molecule has 4 rings (SSSR count). The first-order chi connectivity index (χ1) is 10.8. The Morgan fingerprint density at radius 1 is 1.23 bits per heavy atom. The van der Waals surface area contributed by atoms with Gasteiger partial charge in [-0.1, -0.05) is 12.1 Å². The molecular weight excluding hydrogens is 276 g/mol. The van der Waals surface area contributed by atoms with Crippen molar-refractivity contribution in [3.05, 3.63) is 42.2 Å². The van der Waals surface area contributed by atoms with Gasteiger partial charge in [-0.25, -0.2) is 15.0 Å². The molecular formula is C16H18N6. The molecule has 1 N–H and O–H groups in total. The van der Waals surface area contributed by atoms with E-state index in [-0.39, 0.29) is 0 Å². The summed E-state index contributed by atoms with van der Waals surface area (Å²) in [7, 11) is 0. The highest BCUT2D eigenvalue weighted by molar-refractivity contribution is 5.89. The summed E-state index contributed by atoms with van der Waals surface area (Å²) in [5.74, 6) is 3.16. The first-order valence-corrected chi connectivity index (χ1v) is 7.65. The molecule has 1 fully saturated rings. The summed E-state index contributed by atoms with van der Waals surface area (Å²) >= 11 is 0. The lowest BCUT2D eigenvalue weighted by atomic mass is 9.97. The van der Waals surface area contributed by atoms with Crippen LogP contribution in [0, 0.1) is 6.92 Å². The highest BCUT2D eigenvalue weighted by Crippen LogP contribution is 2.30. The van der Waals surface area contributed by atoms with Gasteiger partial charge in [0.05, 0.1) is 5.52 Å². The number of benzene rings is 1. The number of hydrogen-bond donors (Lipinski definition) is 1. The third-order valence-electron chi connectivity index (χ3n) is 4.22. The summed E-state index contributed by atoms with van der Waals surface area (Å²) in [6.45, 7) is 3.86. The zero-order chi connectivity index (χ0) is 14.9. The molecule has 1 saturated heterocycles. The van der Waals surface area contributed by atoms with E-state index < -0.39 is 0 Å². The Morgan fingerprint density at radius 3 is 3.00 bits per heavy atom. The summed E-state index contributed by atoms with van der Waals surface area (Å²) in [6.07, 6.45) is 3.89. The van der Waals surface area contributed by atoms with Crippen LogP contribution in [0.1, 0.15) is 30.4 Å². The topological polar surface area (TPSA) is 70.6 Å². The van der Waals surface area contributed by atoms with Crippen molar-refractivity contribution < 1.29 is 0 Å². The predicted molar refractivity (Wildman–Crippen MR) is 84.8 cm³/mol. The number of para-hydroxylation sites is 1. The molecule has 22 heavy (non-hydrogen) atoms. The quantitative estimate of drug-likeness (QED) is 0.786. The number of aryl methyl sites for hydroxylation is 1. The van der Waals surface area contributed by atoms with Crippen molar-refractivity contribution in [1.82, 2.24) is 25.1 Å². The van der Waals surface area contributed by atoms with Gasteiger partial charge in [0.15, 0.2) is 5.82 Å². The average molecular weight is 294 g/mol. The average Bonchev–Trinajstić information content (AvgIpc) is 3.01. The Balaban J connectivity index is 1.67. The Hall–Kier alpha value is -2.50. The van der Waals surface area contributed by atoms with E-state index in [4.69, 9.17) is 0 Å². The van der Waals surface area contributed by atoms with Gasteiger partial charge in [-0.15, -0.1) is 0 Å². The molecule has 0 spiro atoms. The molecule has 112 valence electrons. The summed E-state index contributed by atoms with van der Waals surface area (Å²) in [4.78, 5) is 15.7. The molecule has 0 saturated carbocycles. The zero-order valence-corrected chi connectivity index (χ0v) is 12.5. The van der Waals surface area contributed by atoms with Gasteiger partial charge >= 0.3 is 0 Å². The van der Waals surface area contributed by atoms with Gasteiger partial charge in [0.1, 0.15) is 18.0 Å². The van der Waals surface area contributed by atoms with E-state index in [1.165, 1.54) is 0 Å². The van der Waals surface area contributed by atoms with E-state index in [0.717, 1.165) is 54.3 Å². The molecule has 0 aliphatic carbocycles. The minimum absolute atomic E-state index is 0.354. The number of aromatic nitrogens is 5. The third kappa shape index (κ3) is 2.30. The maximum Gasteiger partial charge on any atom is 0.155 e. The lowest BCUT2D eigenvalue weighted by Crippen LogP contribution is -2.35. The van der Waals surface area contributed by atoms with Crippen LogP contribution < -0.4 is 4.90 Å². The minimum Gasteiger partial charge on any atom is -0.355 e. The third-order valence-corrected chi connectivity index (χ3v) is 4.22. The zero-order valence-electron chi connectivity index (χ0n) is 12.5. The molecule has 0 bridgehead atoms. The number of rotatable bonds is 2. The molecule has 3 heterocycles. The van der Waals surface area contributed by atoms with Crippen molar-refractivity contribution in [3.8, 4) is 0 Å². The predicted octanol–water partition coefficient (Wildman–Crippen LogP) is 2.44. The van der Waals surface area contributed by atoms with Crippen molar-refractivity contribution in [3.63, 3.8) is 0 Å². The first kappa shape index (κ1) is 13.2. The van der Waals surface area contributed by atoms with Gasteiger partial charge in [0.25, 0.3) is 0 Å². The van der Waals surface area contributed by atoms with Crippen LogP contribution in [0.3, 0.4) is 0 Å². The Morgan fingerprint density at radius 2 is 2.14 bits per heavy atom. The van der Waals surface area contributed by atoms with Crippen LogP contribution in [0.2, 0.25) is 0 Å². The van der Waals surface area contributed by atoms with E-state index in [1.54, 1.807) is 6.33 Å². The second-order valence-corrected chi connectivity index (χ2v) is 5.78. The normalized spacial score (nSPS) is 18.8. The molecule has 0 radical (unpaired) electrons. The number of hydrogen-bond acceptors (Lipinski definition) is 5. The van der Waals surface area contributed by atoms with Crippen LogP contribution >= 0.6 is 0 Å². The Bertz CT molecular complexity index is 791. The summed E-state index contributed by atoms with van der Waals surface area (Å²) in [6, 6.07) is 8.16. The van der Waals surface area contributed by atoms with Gasteiger partial charge in [0.2, 0.25) is 0 Å². The van der Waals surface area contributed by atoms with Crippen LogP contribution in [0.4, 0.5) is 5.82 Å². The number of aromatic amines is 1. The number of fused-ring (bicyclic) bond motifs is 1. The summed E-state index contributed by atoms with van der Waals surface area (Å²) in [5.41, 5.74) is 0.989. The maximum atomic E-state index is 4.53. The highest BCUT2D eigenvalue weighted by Gasteiger charge is 2.26. The smallest absolute Gasteiger partial charge is 0.155 e. The molecule has 1 atom stereocenters. The number of H-pyrrole nitrogens is 1. The van der Waals surface area contributed by atoms with Crippen molar-refractivity contribution in [1.29, 1.82) is 0 Å². The molecule has 3 aromatic rings. The molecule has 1 aliphatic rings. The van der Waals surface area contributed by atoms with Gasteiger partial charge < -0.3 is 4.90 Å². The molecule has 1 aliphatic heterocycles. The van der Waals surface area contributed by atoms with Gasteiger partial charge in [-0.05, 0) is 31.9 Å². The van der Waals surface area contributed by atoms with Crippen LogP contribution in [0.15, 0.2) is 30.6 Å². The van der Waals surface area contributed by atoms with Gasteiger partial charge in [0, 0.05) is 24.4 Å². The molecule has 0 amide bonds. The Kier molecular flexibility index (Phi) is 3.21. The van der Waals surface area contributed by atoms with E-state index in [1.807, 2.05) is 25.1 Å². The van der Waals surface area contributed by atoms with Crippen molar-refractivity contribution in [2.24, 2.45) is 0 Å². The summed E-state index contributed by atoms with van der Waals surface area (Å²) in [5, 5.41) is 8.39. The first-order valence-electron chi connectivity index (χ1n) is 7.65. The lowest BCUT2D eigenvalue weighted by molar-refractivity contribution is 0.490. The SMILES string of the molecule is Cc1nc(C2CCCN(c3ncnc4ccccc34)C2)n[nH]1. The molecule has 2 aromatic heterocycles. The highest BCUT2D eigenvalue weighted by atomic mass is 15.2. The largest absolute Gasteiger partial charge is 0.355 e. The molecule has 1 aromatic carbocycles. The second kappa shape index (κ2) is 5.36. The second-order valence-electron chi connectivity index (χ2n) is 5.78. The Labute approximate surface area is 128 Å². The van der Waals surface area contributed by atoms with E-state index in [2.05, 4.69) is 36.1 Å². The summed E-state index contributed by atoms with van der Waals surface area (Å²) < 4.78 is 0. The van der Waals surface area contributed by atoms with Crippen LogP contribution in [0.5, 0.6) is 0 Å². The molecule has 6 heteroatoms. The van der Waals surface area contributed by atoms with Gasteiger partial charge in [-0.3, -0.25) is 5.10 Å². The molecule has 1 unspecified atom stereocenters. The fourth-order valence-corrected chi connectivity index (χ4v) is 3.17. The number of piperidine rings is 1. The monoisotopic (exact) mass is 294 g/mol.